The maximum absolute atomic E-state index is 14.8. The Kier molecular flexibility index (Phi) is 8.45. The summed E-state index contributed by atoms with van der Waals surface area (Å²) in [5, 5.41) is 7.23. The molecule has 0 spiro atoms. The molecule has 2 aromatic rings. The Hall–Kier alpha value is -3.42. The number of carbonyl (C=O) groups is 2. The standard InChI is InChI=1S/C25H22ClF8N3O3/c1-12-6-13(4-5-15(12)21(39)35-10-19(38)36-11-22(2,3)28)18-9-23(40-37-18,25(32,33)34)16-7-14(26)8-17(20(16)27)24(29,30)31/h4-8H,9-11H2,1-3H3,(H,35,39)(H,36,38)/t23-/m1/s1. The van der Waals surface area contributed by atoms with Crippen LogP contribution < -0.4 is 10.6 Å². The average molecular weight is 600 g/mol. The van der Waals surface area contributed by atoms with Gasteiger partial charge in [0, 0.05) is 16.1 Å². The monoisotopic (exact) mass is 599 g/mol. The fraction of sp³-hybridized carbons (Fsp3) is 0.400. The lowest BCUT2D eigenvalue weighted by atomic mass is 9.85. The highest BCUT2D eigenvalue weighted by molar-refractivity contribution is 6.30. The molecule has 1 aliphatic heterocycles. The van der Waals surface area contributed by atoms with E-state index < -0.39 is 70.4 Å². The van der Waals surface area contributed by atoms with Crippen LogP contribution in [0.4, 0.5) is 35.1 Å². The van der Waals surface area contributed by atoms with Crippen LogP contribution in [0.5, 0.6) is 0 Å². The largest absolute Gasteiger partial charge is 0.435 e. The number of nitrogens with one attached hydrogen (secondary N) is 2. The van der Waals surface area contributed by atoms with Crippen LogP contribution in [0.15, 0.2) is 35.5 Å². The Morgan fingerprint density at radius 3 is 2.25 bits per heavy atom. The van der Waals surface area contributed by atoms with E-state index in [1.807, 2.05) is 0 Å². The molecule has 0 radical (unpaired) electrons. The molecule has 0 saturated heterocycles. The van der Waals surface area contributed by atoms with Gasteiger partial charge in [0.2, 0.25) is 5.91 Å². The maximum atomic E-state index is 14.8. The van der Waals surface area contributed by atoms with Crippen molar-refractivity contribution in [2.75, 3.05) is 13.1 Å². The van der Waals surface area contributed by atoms with Crippen LogP contribution in [0.3, 0.4) is 0 Å². The molecule has 0 fully saturated rings. The second kappa shape index (κ2) is 10.9. The zero-order valence-electron chi connectivity index (χ0n) is 21.1. The van der Waals surface area contributed by atoms with Crippen LogP contribution in [0.2, 0.25) is 5.02 Å². The van der Waals surface area contributed by atoms with E-state index in [0.29, 0.717) is 6.07 Å². The Balaban J connectivity index is 1.85. The molecule has 1 atom stereocenters. The lowest BCUT2D eigenvalue weighted by Gasteiger charge is -2.30. The molecule has 0 aromatic heterocycles. The molecule has 1 heterocycles. The first-order valence-electron chi connectivity index (χ1n) is 11.5. The van der Waals surface area contributed by atoms with Gasteiger partial charge < -0.3 is 15.5 Å². The highest BCUT2D eigenvalue weighted by atomic mass is 35.5. The second-order valence-corrected chi connectivity index (χ2v) is 10.1. The summed E-state index contributed by atoms with van der Waals surface area (Å²) in [6.07, 6.45) is -11.9. The van der Waals surface area contributed by atoms with Gasteiger partial charge in [-0.1, -0.05) is 22.8 Å². The zero-order chi connectivity index (χ0) is 30.3. The summed E-state index contributed by atoms with van der Waals surface area (Å²) in [4.78, 5) is 28.9. The molecule has 6 nitrogen and oxygen atoms in total. The Labute approximate surface area is 227 Å². The lowest BCUT2D eigenvalue weighted by Crippen LogP contribution is -2.43. The van der Waals surface area contributed by atoms with Gasteiger partial charge in [-0.15, -0.1) is 0 Å². The van der Waals surface area contributed by atoms with Gasteiger partial charge in [-0.3, -0.25) is 9.59 Å². The van der Waals surface area contributed by atoms with Crippen molar-refractivity contribution < 1.29 is 49.5 Å². The Morgan fingerprint density at radius 1 is 1.05 bits per heavy atom. The topological polar surface area (TPSA) is 79.8 Å². The van der Waals surface area contributed by atoms with Crippen molar-refractivity contribution in [3.8, 4) is 0 Å². The molecule has 2 aromatic carbocycles. The number of hydrogen-bond acceptors (Lipinski definition) is 4. The van der Waals surface area contributed by atoms with Gasteiger partial charge in [0.25, 0.3) is 11.5 Å². The smallest absolute Gasteiger partial charge is 0.374 e. The van der Waals surface area contributed by atoms with Crippen LogP contribution in [-0.2, 0) is 21.4 Å². The molecule has 0 aliphatic carbocycles. The molecular formula is C25H22ClF8N3O3. The number of alkyl halides is 7. The molecule has 2 amide bonds. The minimum Gasteiger partial charge on any atom is -0.374 e. The molecule has 1 aliphatic rings. The second-order valence-electron chi connectivity index (χ2n) is 9.65. The van der Waals surface area contributed by atoms with Gasteiger partial charge in [-0.2, -0.15) is 26.3 Å². The molecule has 15 heteroatoms. The molecule has 2 N–H and O–H groups in total. The van der Waals surface area contributed by atoms with E-state index in [1.54, 1.807) is 0 Å². The van der Waals surface area contributed by atoms with Gasteiger partial charge in [0.1, 0.15) is 11.5 Å². The molecule has 0 saturated carbocycles. The number of rotatable bonds is 7. The van der Waals surface area contributed by atoms with Crippen molar-refractivity contribution in [2.45, 2.75) is 50.8 Å². The van der Waals surface area contributed by atoms with E-state index in [-0.39, 0.29) is 35.0 Å². The fourth-order valence-corrected chi connectivity index (χ4v) is 4.07. The molecule has 3 rings (SSSR count). The first kappa shape index (κ1) is 31.1. The third-order valence-electron chi connectivity index (χ3n) is 5.88. The minimum absolute atomic E-state index is 0.0153. The van der Waals surface area contributed by atoms with Crippen molar-refractivity contribution in [1.29, 1.82) is 0 Å². The summed E-state index contributed by atoms with van der Waals surface area (Å²) in [6, 6.07) is 4.27. The quantitative estimate of drug-likeness (QED) is 0.384. The molecule has 0 unspecified atom stereocenters. The van der Waals surface area contributed by atoms with Gasteiger partial charge in [-0.25, -0.2) is 8.78 Å². The Bertz CT molecular complexity index is 1350. The highest BCUT2D eigenvalue weighted by Gasteiger charge is 2.64. The number of hydrogen-bond donors (Lipinski definition) is 2. The first-order valence-corrected chi connectivity index (χ1v) is 11.9. The summed E-state index contributed by atoms with van der Waals surface area (Å²) < 4.78 is 111. The molecule has 40 heavy (non-hydrogen) atoms. The van der Waals surface area contributed by atoms with Gasteiger partial charge in [0.05, 0.1) is 30.8 Å². The summed E-state index contributed by atoms with van der Waals surface area (Å²) in [6.45, 7) is 3.18. The average Bonchev–Trinajstić information content (AvgIpc) is 3.28. The summed E-state index contributed by atoms with van der Waals surface area (Å²) >= 11 is 5.62. The van der Waals surface area contributed by atoms with Crippen LogP contribution >= 0.6 is 11.6 Å². The third kappa shape index (κ3) is 6.65. The van der Waals surface area contributed by atoms with Crippen LogP contribution in [0.1, 0.15) is 52.9 Å². The lowest BCUT2D eigenvalue weighted by molar-refractivity contribution is -0.277. The van der Waals surface area contributed by atoms with E-state index in [4.69, 9.17) is 11.6 Å². The zero-order valence-corrected chi connectivity index (χ0v) is 21.8. The van der Waals surface area contributed by atoms with E-state index in [2.05, 4.69) is 20.6 Å². The third-order valence-corrected chi connectivity index (χ3v) is 6.10. The minimum atomic E-state index is -5.42. The van der Waals surface area contributed by atoms with E-state index in [0.717, 1.165) is 0 Å². The number of halogens is 9. The van der Waals surface area contributed by atoms with Crippen molar-refractivity contribution in [3.05, 3.63) is 69.0 Å². The van der Waals surface area contributed by atoms with Crippen LogP contribution in [-0.4, -0.2) is 42.5 Å². The number of benzene rings is 2. The normalized spacial score (nSPS) is 17.8. The van der Waals surface area contributed by atoms with Gasteiger partial charge in [0.15, 0.2) is 0 Å². The SMILES string of the molecule is Cc1cc(C2=NO[C@](c3cc(Cl)cc(C(F)(F)F)c3F)(C(F)(F)F)C2)ccc1C(=O)NCC(=O)NCC(C)(C)F. The van der Waals surface area contributed by atoms with Crippen LogP contribution in [0.25, 0.3) is 0 Å². The number of nitrogens with zero attached hydrogens (tertiary/aromatic N) is 1. The fourth-order valence-electron chi connectivity index (χ4n) is 3.85. The summed E-state index contributed by atoms with van der Waals surface area (Å²) in [5.74, 6) is -3.57. The predicted octanol–water partition coefficient (Wildman–Crippen LogP) is 5.98. The number of aryl methyl sites for hydroxylation is 1. The summed E-state index contributed by atoms with van der Waals surface area (Å²) in [5.41, 5.74) is -8.84. The highest BCUT2D eigenvalue weighted by Crippen LogP contribution is 2.51. The van der Waals surface area contributed by atoms with Gasteiger partial charge >= 0.3 is 12.4 Å². The van der Waals surface area contributed by atoms with Crippen molar-refractivity contribution in [3.63, 3.8) is 0 Å². The first-order chi connectivity index (χ1) is 18.2. The van der Waals surface area contributed by atoms with E-state index >= 15 is 0 Å². The predicted molar refractivity (Wildman–Crippen MR) is 128 cm³/mol. The maximum Gasteiger partial charge on any atom is 0.435 e. The molecular weight excluding hydrogens is 578 g/mol. The summed E-state index contributed by atoms with van der Waals surface area (Å²) in [7, 11) is 0. The molecule has 218 valence electrons. The van der Waals surface area contributed by atoms with Crippen molar-refractivity contribution in [2.24, 2.45) is 5.16 Å². The van der Waals surface area contributed by atoms with E-state index in [1.165, 1.54) is 39.0 Å². The van der Waals surface area contributed by atoms with Gasteiger partial charge in [-0.05, 0) is 56.2 Å². The van der Waals surface area contributed by atoms with E-state index in [9.17, 15) is 44.7 Å². The number of carbonyl (C=O) groups excluding carboxylic acids is 2. The number of amides is 2. The van der Waals surface area contributed by atoms with Crippen molar-refractivity contribution in [1.82, 2.24) is 10.6 Å². The Morgan fingerprint density at radius 2 is 1.70 bits per heavy atom. The number of oxime groups is 1. The van der Waals surface area contributed by atoms with Crippen LogP contribution in [0, 0.1) is 12.7 Å². The van der Waals surface area contributed by atoms with Crippen molar-refractivity contribution >= 4 is 29.1 Å². The molecule has 0 bridgehead atoms.